The number of halogens is 1. The fourth-order valence-electron chi connectivity index (χ4n) is 1.51. The SMILES string of the molecule is CCCCNC(=S)N(C)Cc1nn(CC)cc1Cl. The highest BCUT2D eigenvalue weighted by atomic mass is 35.5. The van der Waals surface area contributed by atoms with Gasteiger partial charge in [0.1, 0.15) is 5.69 Å². The molecule has 0 saturated heterocycles. The summed E-state index contributed by atoms with van der Waals surface area (Å²) in [5.74, 6) is 0. The van der Waals surface area contributed by atoms with Gasteiger partial charge in [-0.25, -0.2) is 0 Å². The van der Waals surface area contributed by atoms with E-state index in [1.165, 1.54) is 0 Å². The van der Waals surface area contributed by atoms with Crippen LogP contribution in [0.15, 0.2) is 6.20 Å². The Hall–Kier alpha value is -0.810. The van der Waals surface area contributed by atoms with Crippen LogP contribution in [0.1, 0.15) is 32.4 Å². The van der Waals surface area contributed by atoms with E-state index >= 15 is 0 Å². The van der Waals surface area contributed by atoms with Gasteiger partial charge in [-0.2, -0.15) is 5.10 Å². The third kappa shape index (κ3) is 4.46. The highest BCUT2D eigenvalue weighted by molar-refractivity contribution is 7.80. The second-order valence-electron chi connectivity index (χ2n) is 4.22. The molecule has 0 aliphatic carbocycles. The Balaban J connectivity index is 2.49. The molecule has 4 nitrogen and oxygen atoms in total. The minimum atomic E-state index is 0.629. The first-order chi connectivity index (χ1) is 8.58. The molecular weight excluding hydrogens is 268 g/mol. The lowest BCUT2D eigenvalue weighted by Crippen LogP contribution is -2.37. The molecule has 1 heterocycles. The summed E-state index contributed by atoms with van der Waals surface area (Å²) in [5, 5.41) is 9.06. The van der Waals surface area contributed by atoms with E-state index in [4.69, 9.17) is 23.8 Å². The van der Waals surface area contributed by atoms with Crippen molar-refractivity contribution in [2.75, 3.05) is 13.6 Å². The van der Waals surface area contributed by atoms with Crippen molar-refractivity contribution in [2.24, 2.45) is 0 Å². The van der Waals surface area contributed by atoms with Gasteiger partial charge < -0.3 is 10.2 Å². The standard InChI is InChI=1S/C12H21ClN4S/c1-4-6-7-14-12(18)16(3)9-11-10(13)8-17(5-2)15-11/h8H,4-7,9H2,1-3H3,(H,14,18). The average Bonchev–Trinajstić information content (AvgIpc) is 2.70. The number of hydrogen-bond acceptors (Lipinski definition) is 2. The van der Waals surface area contributed by atoms with E-state index in [0.717, 1.165) is 36.7 Å². The maximum Gasteiger partial charge on any atom is 0.169 e. The lowest BCUT2D eigenvalue weighted by atomic mass is 10.3. The molecule has 0 bridgehead atoms. The number of nitrogens with one attached hydrogen (secondary N) is 1. The van der Waals surface area contributed by atoms with E-state index in [9.17, 15) is 0 Å². The molecule has 0 unspecified atom stereocenters. The van der Waals surface area contributed by atoms with Crippen molar-refractivity contribution in [1.29, 1.82) is 0 Å². The summed E-state index contributed by atoms with van der Waals surface area (Å²) in [6, 6.07) is 0. The third-order valence-corrected chi connectivity index (χ3v) is 3.42. The third-order valence-electron chi connectivity index (χ3n) is 2.65. The first-order valence-electron chi connectivity index (χ1n) is 6.29. The monoisotopic (exact) mass is 288 g/mol. The topological polar surface area (TPSA) is 33.1 Å². The molecule has 0 aromatic carbocycles. The highest BCUT2D eigenvalue weighted by Gasteiger charge is 2.11. The van der Waals surface area contributed by atoms with Crippen LogP contribution in [-0.4, -0.2) is 33.4 Å². The molecule has 6 heteroatoms. The van der Waals surface area contributed by atoms with E-state index in [1.54, 1.807) is 0 Å². The van der Waals surface area contributed by atoms with Gasteiger partial charge in [-0.1, -0.05) is 24.9 Å². The highest BCUT2D eigenvalue weighted by Crippen LogP contribution is 2.15. The number of nitrogens with zero attached hydrogens (tertiary/aromatic N) is 3. The Kier molecular flexibility index (Phi) is 6.43. The molecule has 0 amide bonds. The Morgan fingerprint density at radius 1 is 1.56 bits per heavy atom. The van der Waals surface area contributed by atoms with Crippen LogP contribution in [-0.2, 0) is 13.1 Å². The molecule has 0 aliphatic heterocycles. The molecule has 1 aromatic rings. The first-order valence-corrected chi connectivity index (χ1v) is 7.07. The fourth-order valence-corrected chi connectivity index (χ4v) is 1.89. The summed E-state index contributed by atoms with van der Waals surface area (Å²) >= 11 is 11.4. The molecule has 0 radical (unpaired) electrons. The molecule has 1 N–H and O–H groups in total. The minimum absolute atomic E-state index is 0.629. The number of unbranched alkanes of at least 4 members (excludes halogenated alkanes) is 1. The van der Waals surface area contributed by atoms with Crippen LogP contribution in [0.4, 0.5) is 0 Å². The van der Waals surface area contributed by atoms with Gasteiger partial charge in [0.25, 0.3) is 0 Å². The van der Waals surface area contributed by atoms with E-state index in [0.29, 0.717) is 11.6 Å². The Morgan fingerprint density at radius 2 is 2.28 bits per heavy atom. The van der Waals surface area contributed by atoms with Crippen LogP contribution in [0.2, 0.25) is 5.02 Å². The second kappa shape index (κ2) is 7.59. The molecule has 0 aliphatic rings. The zero-order chi connectivity index (χ0) is 13.5. The lowest BCUT2D eigenvalue weighted by Gasteiger charge is -2.20. The van der Waals surface area contributed by atoms with E-state index in [1.807, 2.05) is 29.7 Å². The van der Waals surface area contributed by atoms with Crippen molar-refractivity contribution in [3.8, 4) is 0 Å². The number of aromatic nitrogens is 2. The van der Waals surface area contributed by atoms with Crippen LogP contribution < -0.4 is 5.32 Å². The smallest absolute Gasteiger partial charge is 0.169 e. The minimum Gasteiger partial charge on any atom is -0.363 e. The Bertz CT molecular complexity index is 391. The molecule has 102 valence electrons. The van der Waals surface area contributed by atoms with Crippen molar-refractivity contribution < 1.29 is 0 Å². The van der Waals surface area contributed by atoms with Gasteiger partial charge in [0, 0.05) is 26.3 Å². The van der Waals surface area contributed by atoms with Crippen molar-refractivity contribution in [3.05, 3.63) is 16.9 Å². The van der Waals surface area contributed by atoms with E-state index in [2.05, 4.69) is 17.3 Å². The number of hydrogen-bond donors (Lipinski definition) is 1. The van der Waals surface area contributed by atoms with Gasteiger partial charge in [0.05, 0.1) is 11.6 Å². The summed E-state index contributed by atoms with van der Waals surface area (Å²) in [7, 11) is 1.95. The molecule has 0 fully saturated rings. The number of rotatable bonds is 6. The van der Waals surface area contributed by atoms with Crippen LogP contribution >= 0.6 is 23.8 Å². The molecule has 1 rings (SSSR count). The number of aryl methyl sites for hydroxylation is 1. The summed E-state index contributed by atoms with van der Waals surface area (Å²) in [6.07, 6.45) is 4.13. The molecule has 18 heavy (non-hydrogen) atoms. The maximum absolute atomic E-state index is 6.13. The predicted molar refractivity (Wildman–Crippen MR) is 79.9 cm³/mol. The van der Waals surface area contributed by atoms with Gasteiger partial charge in [0.2, 0.25) is 0 Å². The number of thiocarbonyl (C=S) groups is 1. The van der Waals surface area contributed by atoms with Crippen LogP contribution in [0, 0.1) is 0 Å². The van der Waals surface area contributed by atoms with Crippen LogP contribution in [0.3, 0.4) is 0 Å². The molecule has 0 saturated carbocycles. The zero-order valence-corrected chi connectivity index (χ0v) is 12.8. The molecule has 0 atom stereocenters. The molecule has 0 spiro atoms. The van der Waals surface area contributed by atoms with Crippen molar-refractivity contribution in [1.82, 2.24) is 20.0 Å². The summed E-state index contributed by atoms with van der Waals surface area (Å²) in [6.45, 7) is 6.56. The predicted octanol–water partition coefficient (Wildman–Crippen LogP) is 2.66. The van der Waals surface area contributed by atoms with Gasteiger partial charge >= 0.3 is 0 Å². The van der Waals surface area contributed by atoms with Crippen LogP contribution in [0.25, 0.3) is 0 Å². The van der Waals surface area contributed by atoms with Gasteiger partial charge in [-0.15, -0.1) is 0 Å². The fraction of sp³-hybridized carbons (Fsp3) is 0.667. The lowest BCUT2D eigenvalue weighted by molar-refractivity contribution is 0.474. The van der Waals surface area contributed by atoms with E-state index < -0.39 is 0 Å². The van der Waals surface area contributed by atoms with Gasteiger partial charge in [0.15, 0.2) is 5.11 Å². The normalized spacial score (nSPS) is 10.4. The molecular formula is C12H21ClN4S. The Morgan fingerprint density at radius 3 is 2.83 bits per heavy atom. The summed E-state index contributed by atoms with van der Waals surface area (Å²) in [5.41, 5.74) is 0.862. The largest absolute Gasteiger partial charge is 0.363 e. The van der Waals surface area contributed by atoms with Gasteiger partial charge in [-0.05, 0) is 25.6 Å². The Labute approximate surface area is 119 Å². The summed E-state index contributed by atoms with van der Waals surface area (Å²) in [4.78, 5) is 1.96. The zero-order valence-electron chi connectivity index (χ0n) is 11.2. The maximum atomic E-state index is 6.13. The molecule has 1 aromatic heterocycles. The quantitative estimate of drug-likeness (QED) is 0.644. The first kappa shape index (κ1) is 15.2. The summed E-state index contributed by atoms with van der Waals surface area (Å²) < 4.78 is 1.83. The second-order valence-corrected chi connectivity index (χ2v) is 5.01. The van der Waals surface area contributed by atoms with Gasteiger partial charge in [-0.3, -0.25) is 4.68 Å². The van der Waals surface area contributed by atoms with E-state index in [-0.39, 0.29) is 0 Å². The van der Waals surface area contributed by atoms with Crippen LogP contribution in [0.5, 0.6) is 0 Å². The average molecular weight is 289 g/mol. The van der Waals surface area contributed by atoms with Crippen molar-refractivity contribution >= 4 is 28.9 Å². The van der Waals surface area contributed by atoms with Crippen molar-refractivity contribution in [3.63, 3.8) is 0 Å². The van der Waals surface area contributed by atoms with Crippen molar-refractivity contribution in [2.45, 2.75) is 39.8 Å².